The molecule has 0 fully saturated rings. The first-order chi connectivity index (χ1) is 6.59. The Bertz CT molecular complexity index is 343. The summed E-state index contributed by atoms with van der Waals surface area (Å²) in [6.45, 7) is 1.10. The standard InChI is InChI=1S/C8H9NO5/c1-5-2-3-6(14-5)8(12)9-13-4-7(10)11/h2-3H,4H2,1H3,(H,9,12)(H,10,11). The molecule has 0 unspecified atom stereocenters. The van der Waals surface area contributed by atoms with Gasteiger partial charge in [-0.25, -0.2) is 10.3 Å². The number of carbonyl (C=O) groups excluding carboxylic acids is 1. The number of furan rings is 1. The molecule has 0 aliphatic rings. The summed E-state index contributed by atoms with van der Waals surface area (Å²) in [6.07, 6.45) is 0. The van der Waals surface area contributed by atoms with Crippen LogP contribution in [0.15, 0.2) is 16.5 Å². The first kappa shape index (κ1) is 10.3. The Labute approximate surface area is 79.4 Å². The molecule has 1 rings (SSSR count). The molecule has 0 spiro atoms. The molecule has 76 valence electrons. The quantitative estimate of drug-likeness (QED) is 0.682. The van der Waals surface area contributed by atoms with Crippen molar-refractivity contribution in [3.8, 4) is 0 Å². The van der Waals surface area contributed by atoms with Crippen LogP contribution in [0.5, 0.6) is 0 Å². The highest BCUT2D eigenvalue weighted by molar-refractivity contribution is 5.90. The molecule has 0 aliphatic heterocycles. The molecule has 1 heterocycles. The Balaban J connectivity index is 2.39. The molecule has 1 amide bonds. The van der Waals surface area contributed by atoms with Gasteiger partial charge in [-0.2, -0.15) is 0 Å². The lowest BCUT2D eigenvalue weighted by Gasteiger charge is -2.00. The highest BCUT2D eigenvalue weighted by Crippen LogP contribution is 2.05. The van der Waals surface area contributed by atoms with E-state index < -0.39 is 18.5 Å². The van der Waals surface area contributed by atoms with Crippen LogP contribution in [0.2, 0.25) is 0 Å². The minimum Gasteiger partial charge on any atom is -0.479 e. The van der Waals surface area contributed by atoms with Crippen LogP contribution >= 0.6 is 0 Å². The summed E-state index contributed by atoms with van der Waals surface area (Å²) in [6, 6.07) is 3.08. The van der Waals surface area contributed by atoms with Gasteiger partial charge in [-0.05, 0) is 19.1 Å². The minimum absolute atomic E-state index is 0.0767. The zero-order valence-electron chi connectivity index (χ0n) is 7.44. The van der Waals surface area contributed by atoms with Crippen molar-refractivity contribution in [2.45, 2.75) is 6.92 Å². The number of rotatable bonds is 4. The predicted molar refractivity (Wildman–Crippen MR) is 44.5 cm³/mol. The molecule has 0 radical (unpaired) electrons. The number of carbonyl (C=O) groups is 2. The summed E-state index contributed by atoms with van der Waals surface area (Å²) < 4.78 is 4.96. The molecule has 0 bridgehead atoms. The maximum atomic E-state index is 11.1. The molecule has 14 heavy (non-hydrogen) atoms. The number of hydroxylamine groups is 1. The van der Waals surface area contributed by atoms with E-state index in [1.807, 2.05) is 5.48 Å². The normalized spacial score (nSPS) is 9.79. The van der Waals surface area contributed by atoms with E-state index in [0.717, 1.165) is 0 Å². The van der Waals surface area contributed by atoms with Crippen molar-refractivity contribution in [3.05, 3.63) is 23.7 Å². The molecule has 6 nitrogen and oxygen atoms in total. The molecule has 0 atom stereocenters. The van der Waals surface area contributed by atoms with E-state index >= 15 is 0 Å². The molecule has 6 heteroatoms. The van der Waals surface area contributed by atoms with E-state index in [1.54, 1.807) is 13.0 Å². The first-order valence-corrected chi connectivity index (χ1v) is 3.80. The fraction of sp³-hybridized carbons (Fsp3) is 0.250. The van der Waals surface area contributed by atoms with E-state index in [0.29, 0.717) is 5.76 Å². The van der Waals surface area contributed by atoms with Gasteiger partial charge in [-0.3, -0.25) is 9.63 Å². The molecule has 1 aromatic rings. The third kappa shape index (κ3) is 2.91. The average Bonchev–Trinajstić information content (AvgIpc) is 2.51. The van der Waals surface area contributed by atoms with Gasteiger partial charge in [0.1, 0.15) is 5.76 Å². The van der Waals surface area contributed by atoms with Gasteiger partial charge in [-0.15, -0.1) is 0 Å². The summed E-state index contributed by atoms with van der Waals surface area (Å²) >= 11 is 0. The van der Waals surface area contributed by atoms with Crippen molar-refractivity contribution in [3.63, 3.8) is 0 Å². The maximum absolute atomic E-state index is 11.1. The number of hydrogen-bond donors (Lipinski definition) is 2. The fourth-order valence-corrected chi connectivity index (χ4v) is 0.770. The van der Waals surface area contributed by atoms with Gasteiger partial charge in [0.25, 0.3) is 0 Å². The molecular formula is C8H9NO5. The molecule has 2 N–H and O–H groups in total. The summed E-state index contributed by atoms with van der Waals surface area (Å²) in [4.78, 5) is 25.5. The Morgan fingerprint density at radius 2 is 2.29 bits per heavy atom. The predicted octanol–water partition coefficient (Wildman–Crippen LogP) is 0.334. The van der Waals surface area contributed by atoms with E-state index in [1.165, 1.54) is 6.07 Å². The summed E-state index contributed by atoms with van der Waals surface area (Å²) in [5.74, 6) is -1.11. The first-order valence-electron chi connectivity index (χ1n) is 3.80. The molecule has 0 saturated carbocycles. The smallest absolute Gasteiger partial charge is 0.332 e. The third-order valence-electron chi connectivity index (χ3n) is 1.32. The number of nitrogens with one attached hydrogen (secondary N) is 1. The Hall–Kier alpha value is -1.82. The van der Waals surface area contributed by atoms with Gasteiger partial charge in [0.05, 0.1) is 0 Å². The highest BCUT2D eigenvalue weighted by Gasteiger charge is 2.09. The lowest BCUT2D eigenvalue weighted by Crippen LogP contribution is -2.26. The zero-order chi connectivity index (χ0) is 10.6. The number of aliphatic carboxylic acids is 1. The van der Waals surface area contributed by atoms with Crippen molar-refractivity contribution in [2.24, 2.45) is 0 Å². The second-order valence-electron chi connectivity index (χ2n) is 2.52. The van der Waals surface area contributed by atoms with Gasteiger partial charge in [0, 0.05) is 0 Å². The van der Waals surface area contributed by atoms with Gasteiger partial charge in [0.2, 0.25) is 0 Å². The maximum Gasteiger partial charge on any atom is 0.332 e. The lowest BCUT2D eigenvalue weighted by molar-refractivity contribution is -0.144. The van der Waals surface area contributed by atoms with Gasteiger partial charge in [0.15, 0.2) is 12.4 Å². The third-order valence-corrected chi connectivity index (χ3v) is 1.32. The van der Waals surface area contributed by atoms with Crippen molar-refractivity contribution >= 4 is 11.9 Å². The molecule has 0 aliphatic carbocycles. The van der Waals surface area contributed by atoms with E-state index in [-0.39, 0.29) is 5.76 Å². The van der Waals surface area contributed by atoms with Gasteiger partial charge < -0.3 is 9.52 Å². The Kier molecular flexibility index (Phi) is 3.24. The van der Waals surface area contributed by atoms with Crippen molar-refractivity contribution in [1.29, 1.82) is 0 Å². The second kappa shape index (κ2) is 4.43. The molecule has 0 saturated heterocycles. The van der Waals surface area contributed by atoms with Crippen molar-refractivity contribution < 1.29 is 24.0 Å². The Morgan fingerprint density at radius 3 is 2.79 bits per heavy atom. The largest absolute Gasteiger partial charge is 0.479 e. The van der Waals surface area contributed by atoms with Crippen LogP contribution in [0.25, 0.3) is 0 Å². The van der Waals surface area contributed by atoms with Crippen LogP contribution in [0.3, 0.4) is 0 Å². The fourth-order valence-electron chi connectivity index (χ4n) is 0.770. The number of aryl methyl sites for hydroxylation is 1. The Morgan fingerprint density at radius 1 is 1.57 bits per heavy atom. The topological polar surface area (TPSA) is 88.8 Å². The number of hydrogen-bond acceptors (Lipinski definition) is 4. The van der Waals surface area contributed by atoms with Crippen LogP contribution in [-0.4, -0.2) is 23.6 Å². The van der Waals surface area contributed by atoms with Crippen LogP contribution in [0, 0.1) is 6.92 Å². The zero-order valence-corrected chi connectivity index (χ0v) is 7.44. The van der Waals surface area contributed by atoms with E-state index in [9.17, 15) is 9.59 Å². The summed E-state index contributed by atoms with van der Waals surface area (Å²) in [5, 5.41) is 8.20. The highest BCUT2D eigenvalue weighted by atomic mass is 16.7. The van der Waals surface area contributed by atoms with E-state index in [2.05, 4.69) is 4.84 Å². The molecule has 1 aromatic heterocycles. The van der Waals surface area contributed by atoms with Crippen molar-refractivity contribution in [1.82, 2.24) is 5.48 Å². The van der Waals surface area contributed by atoms with Crippen LogP contribution in [-0.2, 0) is 9.63 Å². The SMILES string of the molecule is Cc1ccc(C(=O)NOCC(=O)O)o1. The number of carboxylic acid groups (broad SMARTS) is 1. The summed E-state index contributed by atoms with van der Waals surface area (Å²) in [5.41, 5.74) is 1.93. The molecular weight excluding hydrogens is 190 g/mol. The van der Waals surface area contributed by atoms with Crippen LogP contribution < -0.4 is 5.48 Å². The minimum atomic E-state index is -1.17. The van der Waals surface area contributed by atoms with Gasteiger partial charge >= 0.3 is 11.9 Å². The van der Waals surface area contributed by atoms with Gasteiger partial charge in [-0.1, -0.05) is 0 Å². The van der Waals surface area contributed by atoms with Crippen LogP contribution in [0.4, 0.5) is 0 Å². The summed E-state index contributed by atoms with van der Waals surface area (Å²) in [7, 11) is 0. The second-order valence-corrected chi connectivity index (χ2v) is 2.52. The van der Waals surface area contributed by atoms with Crippen molar-refractivity contribution in [2.75, 3.05) is 6.61 Å². The number of carboxylic acids is 1. The average molecular weight is 199 g/mol. The van der Waals surface area contributed by atoms with Crippen LogP contribution in [0.1, 0.15) is 16.3 Å². The monoisotopic (exact) mass is 199 g/mol. The molecule has 0 aromatic carbocycles. The van der Waals surface area contributed by atoms with E-state index in [4.69, 9.17) is 9.52 Å². The number of amides is 1. The lowest BCUT2D eigenvalue weighted by atomic mass is 10.4.